The Hall–Kier alpha value is -2.15. The molecule has 0 radical (unpaired) electrons. The lowest BCUT2D eigenvalue weighted by Crippen LogP contribution is -2.49. The second-order valence-electron chi connectivity index (χ2n) is 10.4. The van der Waals surface area contributed by atoms with Crippen LogP contribution in [0.5, 0.6) is 0 Å². The average molecular weight is 506 g/mol. The summed E-state index contributed by atoms with van der Waals surface area (Å²) >= 11 is 12.4. The molecule has 2 heterocycles. The Kier molecular flexibility index (Phi) is 6.71. The van der Waals surface area contributed by atoms with Crippen LogP contribution >= 0.6 is 23.2 Å². The van der Waals surface area contributed by atoms with Crippen molar-refractivity contribution in [2.45, 2.75) is 64.0 Å². The number of rotatable bonds is 5. The van der Waals surface area contributed by atoms with E-state index < -0.39 is 29.2 Å². The SMILES string of the molecule is CCCNC(=O)[C@@H]1N[C@H](CC(C)(C)C)[C@]2(C(=O)Nc3cc(Cl)c(F)cc32)[C@H]1c1cccc(Cl)c1. The number of nitrogens with one attached hydrogen (secondary N) is 3. The van der Waals surface area contributed by atoms with Crippen molar-refractivity contribution in [3.05, 3.63) is 63.4 Å². The van der Waals surface area contributed by atoms with Gasteiger partial charge < -0.3 is 16.0 Å². The number of halogens is 3. The third-order valence-electron chi connectivity index (χ3n) is 6.74. The molecule has 2 aromatic rings. The molecule has 5 nitrogen and oxygen atoms in total. The van der Waals surface area contributed by atoms with Crippen LogP contribution in [-0.2, 0) is 15.0 Å². The zero-order valence-corrected chi connectivity index (χ0v) is 21.3. The highest BCUT2D eigenvalue weighted by molar-refractivity contribution is 6.31. The molecule has 182 valence electrons. The fourth-order valence-corrected chi connectivity index (χ4v) is 5.85. The summed E-state index contributed by atoms with van der Waals surface area (Å²) in [6, 6.07) is 8.86. The third-order valence-corrected chi connectivity index (χ3v) is 7.27. The van der Waals surface area contributed by atoms with Crippen molar-refractivity contribution in [1.29, 1.82) is 0 Å². The molecule has 2 amide bonds. The van der Waals surface area contributed by atoms with Gasteiger partial charge in [-0.2, -0.15) is 0 Å². The highest BCUT2D eigenvalue weighted by atomic mass is 35.5. The number of hydrogen-bond acceptors (Lipinski definition) is 3. The van der Waals surface area contributed by atoms with Gasteiger partial charge in [-0.3, -0.25) is 9.59 Å². The second-order valence-corrected chi connectivity index (χ2v) is 11.3. The van der Waals surface area contributed by atoms with Gasteiger partial charge in [0.2, 0.25) is 11.8 Å². The van der Waals surface area contributed by atoms with Crippen molar-refractivity contribution in [2.75, 3.05) is 11.9 Å². The molecule has 4 atom stereocenters. The zero-order chi connectivity index (χ0) is 24.8. The predicted octanol–water partition coefficient (Wildman–Crippen LogP) is 5.41. The maximum Gasteiger partial charge on any atom is 0.237 e. The number of carbonyl (C=O) groups is 2. The minimum Gasteiger partial charge on any atom is -0.355 e. The molecule has 3 N–H and O–H groups in total. The van der Waals surface area contributed by atoms with Crippen molar-refractivity contribution in [3.8, 4) is 0 Å². The summed E-state index contributed by atoms with van der Waals surface area (Å²) in [5.74, 6) is -1.69. The van der Waals surface area contributed by atoms with Crippen molar-refractivity contribution in [2.24, 2.45) is 5.41 Å². The predicted molar refractivity (Wildman–Crippen MR) is 134 cm³/mol. The first-order valence-electron chi connectivity index (χ1n) is 11.6. The normalized spacial score (nSPS) is 26.0. The van der Waals surface area contributed by atoms with Crippen LogP contribution in [0.3, 0.4) is 0 Å². The van der Waals surface area contributed by atoms with Crippen molar-refractivity contribution in [3.63, 3.8) is 0 Å². The molecule has 0 aliphatic carbocycles. The van der Waals surface area contributed by atoms with E-state index >= 15 is 0 Å². The minimum absolute atomic E-state index is 0.0639. The van der Waals surface area contributed by atoms with Crippen molar-refractivity contribution < 1.29 is 14.0 Å². The van der Waals surface area contributed by atoms with E-state index in [9.17, 15) is 14.0 Å². The molecule has 2 aliphatic heterocycles. The summed E-state index contributed by atoms with van der Waals surface area (Å²) in [6.45, 7) is 8.74. The van der Waals surface area contributed by atoms with Gasteiger partial charge in [0.15, 0.2) is 0 Å². The Morgan fingerprint density at radius 2 is 1.94 bits per heavy atom. The third kappa shape index (κ3) is 4.21. The molecule has 1 spiro atoms. The topological polar surface area (TPSA) is 70.2 Å². The molecule has 4 rings (SSSR count). The number of benzene rings is 2. The van der Waals surface area contributed by atoms with Gasteiger partial charge in [-0.25, -0.2) is 4.39 Å². The summed E-state index contributed by atoms with van der Waals surface area (Å²) in [4.78, 5) is 27.4. The molecule has 2 aromatic carbocycles. The molecular weight excluding hydrogens is 476 g/mol. The van der Waals surface area contributed by atoms with E-state index in [-0.39, 0.29) is 22.3 Å². The molecule has 0 unspecified atom stereocenters. The highest BCUT2D eigenvalue weighted by Crippen LogP contribution is 2.57. The molecule has 8 heteroatoms. The fourth-order valence-electron chi connectivity index (χ4n) is 5.49. The van der Waals surface area contributed by atoms with Gasteiger partial charge in [-0.15, -0.1) is 0 Å². The van der Waals surface area contributed by atoms with Crippen molar-refractivity contribution in [1.82, 2.24) is 10.6 Å². The van der Waals surface area contributed by atoms with Gasteiger partial charge in [0.1, 0.15) is 11.2 Å². The van der Waals surface area contributed by atoms with E-state index in [0.717, 1.165) is 12.0 Å². The van der Waals surface area contributed by atoms with Crippen LogP contribution in [0.4, 0.5) is 10.1 Å². The molecule has 0 bridgehead atoms. The summed E-state index contributed by atoms with van der Waals surface area (Å²) < 4.78 is 14.8. The number of carbonyl (C=O) groups excluding carboxylic acids is 2. The largest absolute Gasteiger partial charge is 0.355 e. The molecular formula is C26H30Cl2FN3O2. The monoisotopic (exact) mass is 505 g/mol. The van der Waals surface area contributed by atoms with E-state index in [0.29, 0.717) is 29.2 Å². The lowest BCUT2D eigenvalue weighted by atomic mass is 9.62. The standard InChI is InChI=1S/C26H30Cl2FN3O2/c1-5-9-30-23(33)22-21(14-7-6-8-15(27)10-14)26(20(32-22)13-25(2,3)4)16-11-18(29)17(28)12-19(16)31-24(26)34/h6-8,10-12,20-22,32H,5,9,13H2,1-4H3,(H,30,33)(H,31,34)/t20-,21+,22-,26+/m1/s1. The van der Waals surface area contributed by atoms with E-state index in [2.05, 4.69) is 36.7 Å². The number of amides is 2. The summed E-state index contributed by atoms with van der Waals surface area (Å²) in [6.07, 6.45) is 1.36. The molecule has 1 fully saturated rings. The van der Waals surface area contributed by atoms with Gasteiger partial charge in [-0.05, 0) is 53.6 Å². The first kappa shape index (κ1) is 25.0. The van der Waals surface area contributed by atoms with Gasteiger partial charge in [0.05, 0.1) is 11.1 Å². The van der Waals surface area contributed by atoms with E-state index in [1.807, 2.05) is 13.0 Å². The van der Waals surface area contributed by atoms with Crippen LogP contribution in [0, 0.1) is 11.2 Å². The fraction of sp³-hybridized carbons (Fsp3) is 0.462. The van der Waals surface area contributed by atoms with Crippen LogP contribution in [0.15, 0.2) is 36.4 Å². The highest BCUT2D eigenvalue weighted by Gasteiger charge is 2.65. The zero-order valence-electron chi connectivity index (χ0n) is 19.8. The summed E-state index contributed by atoms with van der Waals surface area (Å²) in [5.41, 5.74) is 0.321. The van der Waals surface area contributed by atoms with E-state index in [1.54, 1.807) is 18.2 Å². The van der Waals surface area contributed by atoms with Crippen LogP contribution in [0.2, 0.25) is 10.0 Å². The van der Waals surface area contributed by atoms with Gasteiger partial charge in [-0.1, -0.05) is 63.0 Å². The summed E-state index contributed by atoms with van der Waals surface area (Å²) in [7, 11) is 0. The van der Waals surface area contributed by atoms with Gasteiger partial charge in [0, 0.05) is 29.2 Å². The Labute approximate surface area is 209 Å². The molecule has 0 saturated carbocycles. The average Bonchev–Trinajstić information content (AvgIpc) is 3.21. The lowest BCUT2D eigenvalue weighted by molar-refractivity contribution is -0.123. The van der Waals surface area contributed by atoms with Crippen molar-refractivity contribution >= 4 is 40.7 Å². The van der Waals surface area contributed by atoms with Gasteiger partial charge in [0.25, 0.3) is 0 Å². The molecule has 34 heavy (non-hydrogen) atoms. The Bertz CT molecular complexity index is 1130. The molecule has 1 saturated heterocycles. The Morgan fingerprint density at radius 1 is 1.21 bits per heavy atom. The molecule has 2 aliphatic rings. The van der Waals surface area contributed by atoms with Crippen LogP contribution in [0.1, 0.15) is 57.6 Å². The number of fused-ring (bicyclic) bond motifs is 2. The quantitative estimate of drug-likeness (QED) is 0.508. The maximum atomic E-state index is 14.8. The van der Waals surface area contributed by atoms with Crippen LogP contribution in [-0.4, -0.2) is 30.4 Å². The maximum absolute atomic E-state index is 14.8. The van der Waals surface area contributed by atoms with Crippen LogP contribution < -0.4 is 16.0 Å². The first-order chi connectivity index (χ1) is 16.0. The number of anilines is 1. The lowest BCUT2D eigenvalue weighted by Gasteiger charge is -2.37. The van der Waals surface area contributed by atoms with E-state index in [4.69, 9.17) is 23.2 Å². The Balaban J connectivity index is 1.99. The van der Waals surface area contributed by atoms with Gasteiger partial charge >= 0.3 is 0 Å². The van der Waals surface area contributed by atoms with E-state index in [1.165, 1.54) is 12.1 Å². The Morgan fingerprint density at radius 3 is 2.59 bits per heavy atom. The number of hydrogen-bond donors (Lipinski definition) is 3. The summed E-state index contributed by atoms with van der Waals surface area (Å²) in [5, 5.41) is 9.84. The second kappa shape index (κ2) is 9.14. The van der Waals surface area contributed by atoms with Crippen LogP contribution in [0.25, 0.3) is 0 Å². The minimum atomic E-state index is -1.23. The smallest absolute Gasteiger partial charge is 0.237 e. The first-order valence-corrected chi connectivity index (χ1v) is 12.3. The molecule has 0 aromatic heterocycles.